The Balaban J connectivity index is 2.21. The maximum absolute atomic E-state index is 11.9. The maximum Gasteiger partial charge on any atom is 0.317 e. The molecule has 6 heteroatoms. The average molecular weight is 272 g/mol. The van der Waals surface area contributed by atoms with Gasteiger partial charge in [0.2, 0.25) is 0 Å². The Labute approximate surface area is 114 Å². The summed E-state index contributed by atoms with van der Waals surface area (Å²) in [4.78, 5) is 24.0. The number of carbonyl (C=O) groups excluding carboxylic acids is 1. The molecular formula is C13H24N2O4. The predicted molar refractivity (Wildman–Crippen MR) is 71.1 cm³/mol. The van der Waals surface area contributed by atoms with Crippen LogP contribution >= 0.6 is 0 Å². The number of carboxylic acids is 1. The summed E-state index contributed by atoms with van der Waals surface area (Å²) in [5.74, 6) is -0.414. The lowest BCUT2D eigenvalue weighted by Gasteiger charge is -2.32. The number of likely N-dealkylation sites (tertiary alicyclic amines) is 1. The number of hydrogen-bond acceptors (Lipinski definition) is 3. The van der Waals surface area contributed by atoms with Gasteiger partial charge < -0.3 is 20.1 Å². The van der Waals surface area contributed by atoms with Crippen molar-refractivity contribution in [3.63, 3.8) is 0 Å². The Bertz CT molecular complexity index is 296. The molecule has 2 N–H and O–H groups in total. The van der Waals surface area contributed by atoms with E-state index in [0.29, 0.717) is 32.1 Å². The normalized spacial score (nSPS) is 19.2. The van der Waals surface area contributed by atoms with E-state index in [0.717, 1.165) is 25.9 Å². The Kier molecular flexibility index (Phi) is 7.25. The molecule has 6 nitrogen and oxygen atoms in total. The van der Waals surface area contributed by atoms with Crippen molar-refractivity contribution in [3.8, 4) is 0 Å². The van der Waals surface area contributed by atoms with Gasteiger partial charge in [0.05, 0.1) is 6.61 Å². The molecule has 19 heavy (non-hydrogen) atoms. The third kappa shape index (κ3) is 6.42. The first kappa shape index (κ1) is 15.8. The van der Waals surface area contributed by atoms with Gasteiger partial charge in [-0.1, -0.05) is 0 Å². The molecule has 1 unspecified atom stereocenters. The number of nitrogens with zero attached hydrogens (tertiary/aromatic N) is 1. The Morgan fingerprint density at radius 2 is 2.26 bits per heavy atom. The van der Waals surface area contributed by atoms with Crippen LogP contribution < -0.4 is 5.32 Å². The third-order valence-electron chi connectivity index (χ3n) is 3.21. The monoisotopic (exact) mass is 272 g/mol. The third-order valence-corrected chi connectivity index (χ3v) is 3.21. The van der Waals surface area contributed by atoms with Gasteiger partial charge in [0.15, 0.2) is 0 Å². The molecule has 1 atom stereocenters. The van der Waals surface area contributed by atoms with Gasteiger partial charge in [-0.05, 0) is 26.2 Å². The topological polar surface area (TPSA) is 78.9 Å². The SMILES string of the molecule is CCOCC1CCCN(C(=O)NCCCC(=O)O)C1. The molecule has 1 fully saturated rings. The molecule has 110 valence electrons. The van der Waals surface area contributed by atoms with E-state index < -0.39 is 5.97 Å². The van der Waals surface area contributed by atoms with Crippen molar-refractivity contribution in [1.29, 1.82) is 0 Å². The van der Waals surface area contributed by atoms with Crippen LogP contribution in [0.3, 0.4) is 0 Å². The number of carboxylic acid groups (broad SMARTS) is 1. The van der Waals surface area contributed by atoms with Crippen LogP contribution in [0.25, 0.3) is 0 Å². The van der Waals surface area contributed by atoms with Crippen LogP contribution in [0.15, 0.2) is 0 Å². The zero-order valence-electron chi connectivity index (χ0n) is 11.6. The quantitative estimate of drug-likeness (QED) is 0.685. The van der Waals surface area contributed by atoms with Gasteiger partial charge in [-0.25, -0.2) is 4.79 Å². The van der Waals surface area contributed by atoms with Crippen molar-refractivity contribution >= 4 is 12.0 Å². The minimum absolute atomic E-state index is 0.0905. The number of urea groups is 1. The first-order chi connectivity index (χ1) is 9.13. The van der Waals surface area contributed by atoms with Crippen LogP contribution in [0.4, 0.5) is 4.79 Å². The summed E-state index contributed by atoms with van der Waals surface area (Å²) in [5.41, 5.74) is 0. The van der Waals surface area contributed by atoms with Crippen molar-refractivity contribution in [2.45, 2.75) is 32.6 Å². The lowest BCUT2D eigenvalue weighted by atomic mass is 9.99. The molecule has 1 heterocycles. The Morgan fingerprint density at radius 1 is 1.47 bits per heavy atom. The van der Waals surface area contributed by atoms with Crippen LogP contribution in [0.2, 0.25) is 0 Å². The molecule has 0 spiro atoms. The molecular weight excluding hydrogens is 248 g/mol. The van der Waals surface area contributed by atoms with Gasteiger partial charge >= 0.3 is 12.0 Å². The number of hydrogen-bond donors (Lipinski definition) is 2. The predicted octanol–water partition coefficient (Wildman–Crippen LogP) is 1.31. The number of aliphatic carboxylic acids is 1. The number of rotatable bonds is 7. The van der Waals surface area contributed by atoms with Gasteiger partial charge in [-0.3, -0.25) is 4.79 Å². The average Bonchev–Trinajstić information content (AvgIpc) is 2.41. The molecule has 1 saturated heterocycles. The number of piperidine rings is 1. The fourth-order valence-electron chi connectivity index (χ4n) is 2.22. The minimum Gasteiger partial charge on any atom is -0.481 e. The van der Waals surface area contributed by atoms with Crippen LogP contribution in [-0.2, 0) is 9.53 Å². The van der Waals surface area contributed by atoms with Gasteiger partial charge in [-0.15, -0.1) is 0 Å². The lowest BCUT2D eigenvalue weighted by molar-refractivity contribution is -0.137. The Hall–Kier alpha value is -1.30. The summed E-state index contributed by atoms with van der Waals surface area (Å²) in [6.45, 7) is 5.29. The van der Waals surface area contributed by atoms with E-state index in [1.165, 1.54) is 0 Å². The summed E-state index contributed by atoms with van der Waals surface area (Å²) in [5, 5.41) is 11.3. The first-order valence-electron chi connectivity index (χ1n) is 6.95. The molecule has 0 aromatic rings. The fourth-order valence-corrected chi connectivity index (χ4v) is 2.22. The van der Waals surface area contributed by atoms with Crippen LogP contribution in [0.5, 0.6) is 0 Å². The maximum atomic E-state index is 11.9. The lowest BCUT2D eigenvalue weighted by Crippen LogP contribution is -2.46. The highest BCUT2D eigenvalue weighted by molar-refractivity contribution is 5.74. The fraction of sp³-hybridized carbons (Fsp3) is 0.846. The number of nitrogens with one attached hydrogen (secondary N) is 1. The molecule has 0 aromatic carbocycles. The van der Waals surface area contributed by atoms with E-state index in [4.69, 9.17) is 9.84 Å². The van der Waals surface area contributed by atoms with Crippen molar-refractivity contribution in [3.05, 3.63) is 0 Å². The van der Waals surface area contributed by atoms with Crippen LogP contribution in [0.1, 0.15) is 32.6 Å². The number of amides is 2. The first-order valence-corrected chi connectivity index (χ1v) is 6.95. The summed E-state index contributed by atoms with van der Waals surface area (Å²) in [7, 11) is 0. The molecule has 2 amide bonds. The van der Waals surface area contributed by atoms with E-state index in [2.05, 4.69) is 5.32 Å². The highest BCUT2D eigenvalue weighted by Gasteiger charge is 2.23. The van der Waals surface area contributed by atoms with Crippen molar-refractivity contribution < 1.29 is 19.4 Å². The second kappa shape index (κ2) is 8.74. The number of carbonyl (C=O) groups is 2. The molecule has 0 aromatic heterocycles. The highest BCUT2D eigenvalue weighted by Crippen LogP contribution is 2.16. The Morgan fingerprint density at radius 3 is 2.95 bits per heavy atom. The van der Waals surface area contributed by atoms with Gasteiger partial charge in [0.1, 0.15) is 0 Å². The van der Waals surface area contributed by atoms with Gasteiger partial charge in [0, 0.05) is 38.6 Å². The summed E-state index contributed by atoms with van der Waals surface area (Å²) >= 11 is 0. The number of ether oxygens (including phenoxy) is 1. The van der Waals surface area contributed by atoms with Crippen molar-refractivity contribution in [2.75, 3.05) is 32.8 Å². The summed E-state index contributed by atoms with van der Waals surface area (Å²) < 4.78 is 5.40. The highest BCUT2D eigenvalue weighted by atomic mass is 16.5. The zero-order valence-corrected chi connectivity index (χ0v) is 11.6. The van der Waals surface area contributed by atoms with Gasteiger partial charge in [0.25, 0.3) is 0 Å². The molecule has 0 bridgehead atoms. The summed E-state index contributed by atoms with van der Waals surface area (Å²) in [6, 6.07) is -0.0911. The van der Waals surface area contributed by atoms with E-state index >= 15 is 0 Å². The minimum atomic E-state index is -0.830. The van der Waals surface area contributed by atoms with Crippen molar-refractivity contribution in [2.24, 2.45) is 5.92 Å². The largest absolute Gasteiger partial charge is 0.481 e. The second-order valence-corrected chi connectivity index (χ2v) is 4.84. The molecule has 1 aliphatic heterocycles. The van der Waals surface area contributed by atoms with Crippen LogP contribution in [-0.4, -0.2) is 54.9 Å². The zero-order chi connectivity index (χ0) is 14.1. The second-order valence-electron chi connectivity index (χ2n) is 4.84. The van der Waals surface area contributed by atoms with Gasteiger partial charge in [-0.2, -0.15) is 0 Å². The standard InChI is InChI=1S/C13H24N2O4/c1-2-19-10-11-5-4-8-15(9-11)13(18)14-7-3-6-12(16)17/h11H,2-10H2,1H3,(H,14,18)(H,16,17). The molecule has 1 rings (SSSR count). The van der Waals surface area contributed by atoms with Crippen molar-refractivity contribution in [1.82, 2.24) is 10.2 Å². The van der Waals surface area contributed by atoms with E-state index in [1.807, 2.05) is 6.92 Å². The molecule has 0 saturated carbocycles. The van der Waals surface area contributed by atoms with E-state index in [-0.39, 0.29) is 12.5 Å². The summed E-state index contributed by atoms with van der Waals surface area (Å²) in [6.07, 6.45) is 2.66. The molecule has 0 aliphatic carbocycles. The smallest absolute Gasteiger partial charge is 0.317 e. The van der Waals surface area contributed by atoms with E-state index in [1.54, 1.807) is 4.90 Å². The molecule has 1 aliphatic rings. The molecule has 0 radical (unpaired) electrons. The van der Waals surface area contributed by atoms with Crippen LogP contribution in [0, 0.1) is 5.92 Å². The van der Waals surface area contributed by atoms with E-state index in [9.17, 15) is 9.59 Å².